The molecule has 0 spiro atoms. The summed E-state index contributed by atoms with van der Waals surface area (Å²) in [4.78, 5) is 52.3. The van der Waals surface area contributed by atoms with Crippen molar-refractivity contribution in [1.29, 1.82) is 0 Å². The summed E-state index contributed by atoms with van der Waals surface area (Å²) in [6.45, 7) is -0.880. The standard InChI is InChI=1S/C20H15F3N4O6/c21-20(22,23)13-9-11(27(31)32)5-6-15(13)25-17(28)10-33-18(29)8-7-16-24-14-4-2-1-3-12(14)19(30)26-16/h1-6,9H,7-8,10H2,(H,25,28)(H,24,26,30). The first-order valence-corrected chi connectivity index (χ1v) is 9.33. The van der Waals surface area contributed by atoms with E-state index in [0.29, 0.717) is 17.0 Å². The van der Waals surface area contributed by atoms with E-state index < -0.39 is 46.5 Å². The lowest BCUT2D eigenvalue weighted by atomic mass is 10.1. The van der Waals surface area contributed by atoms with Crippen LogP contribution in [0.3, 0.4) is 0 Å². The van der Waals surface area contributed by atoms with Crippen LogP contribution in [0.2, 0.25) is 0 Å². The molecule has 0 fully saturated rings. The van der Waals surface area contributed by atoms with Crippen molar-refractivity contribution >= 4 is 34.2 Å². The molecule has 0 saturated carbocycles. The van der Waals surface area contributed by atoms with Gasteiger partial charge in [0.2, 0.25) is 0 Å². The number of H-pyrrole nitrogens is 1. The molecule has 1 amide bonds. The number of aromatic amines is 1. The van der Waals surface area contributed by atoms with E-state index in [-0.39, 0.29) is 24.2 Å². The van der Waals surface area contributed by atoms with E-state index in [4.69, 9.17) is 4.74 Å². The molecular formula is C20H15F3N4O6. The number of hydrogen-bond acceptors (Lipinski definition) is 7. The van der Waals surface area contributed by atoms with Crippen LogP contribution in [0.25, 0.3) is 10.9 Å². The van der Waals surface area contributed by atoms with Crippen LogP contribution >= 0.6 is 0 Å². The zero-order chi connectivity index (χ0) is 24.2. The van der Waals surface area contributed by atoms with E-state index >= 15 is 0 Å². The van der Waals surface area contributed by atoms with E-state index in [0.717, 1.165) is 12.1 Å². The van der Waals surface area contributed by atoms with Gasteiger partial charge in [0.15, 0.2) is 6.61 Å². The first kappa shape index (κ1) is 23.4. The molecule has 13 heteroatoms. The van der Waals surface area contributed by atoms with Gasteiger partial charge in [-0.25, -0.2) is 4.98 Å². The number of amides is 1. The third-order valence-electron chi connectivity index (χ3n) is 4.39. The van der Waals surface area contributed by atoms with Crippen molar-refractivity contribution in [1.82, 2.24) is 9.97 Å². The summed E-state index contributed by atoms with van der Waals surface area (Å²) in [5.74, 6) is -1.69. The van der Waals surface area contributed by atoms with Crippen molar-refractivity contribution in [3.05, 3.63) is 74.3 Å². The first-order chi connectivity index (χ1) is 15.5. The molecule has 0 bridgehead atoms. The summed E-state index contributed by atoms with van der Waals surface area (Å²) in [5, 5.41) is 13.0. The number of non-ortho nitro benzene ring substituents is 1. The van der Waals surface area contributed by atoms with Gasteiger partial charge in [-0.2, -0.15) is 13.2 Å². The lowest BCUT2D eigenvalue weighted by Crippen LogP contribution is -2.23. The molecule has 10 nitrogen and oxygen atoms in total. The Bertz CT molecular complexity index is 1290. The van der Waals surface area contributed by atoms with E-state index in [1.807, 2.05) is 5.32 Å². The normalized spacial score (nSPS) is 11.2. The van der Waals surface area contributed by atoms with Crippen LogP contribution < -0.4 is 10.9 Å². The maximum absolute atomic E-state index is 13.2. The average Bonchev–Trinajstić information content (AvgIpc) is 2.75. The number of ether oxygens (including phenoxy) is 1. The fourth-order valence-corrected chi connectivity index (χ4v) is 2.87. The Kier molecular flexibility index (Phi) is 6.70. The summed E-state index contributed by atoms with van der Waals surface area (Å²) >= 11 is 0. The van der Waals surface area contributed by atoms with Crippen molar-refractivity contribution in [3.63, 3.8) is 0 Å². The predicted octanol–water partition coefficient (Wildman–Crippen LogP) is 2.96. The van der Waals surface area contributed by atoms with Gasteiger partial charge in [-0.1, -0.05) is 12.1 Å². The Morgan fingerprint density at radius 2 is 1.91 bits per heavy atom. The van der Waals surface area contributed by atoms with Crippen molar-refractivity contribution in [2.45, 2.75) is 19.0 Å². The van der Waals surface area contributed by atoms with Crippen LogP contribution in [0.4, 0.5) is 24.5 Å². The number of rotatable bonds is 7. The van der Waals surface area contributed by atoms with Crippen LogP contribution in [0.5, 0.6) is 0 Å². The van der Waals surface area contributed by atoms with Gasteiger partial charge in [0, 0.05) is 18.6 Å². The number of anilines is 1. The lowest BCUT2D eigenvalue weighted by molar-refractivity contribution is -0.385. The number of nitrogens with one attached hydrogen (secondary N) is 2. The molecule has 172 valence electrons. The monoisotopic (exact) mass is 464 g/mol. The lowest BCUT2D eigenvalue weighted by Gasteiger charge is -2.13. The number of esters is 1. The highest BCUT2D eigenvalue weighted by Crippen LogP contribution is 2.37. The van der Waals surface area contributed by atoms with Gasteiger partial charge < -0.3 is 15.0 Å². The maximum Gasteiger partial charge on any atom is 0.418 e. The number of alkyl halides is 3. The third-order valence-corrected chi connectivity index (χ3v) is 4.39. The topological polar surface area (TPSA) is 144 Å². The number of hydrogen-bond donors (Lipinski definition) is 2. The van der Waals surface area contributed by atoms with Crippen molar-refractivity contribution in [2.24, 2.45) is 0 Å². The van der Waals surface area contributed by atoms with E-state index in [9.17, 15) is 37.7 Å². The number of halogens is 3. The van der Waals surface area contributed by atoms with Gasteiger partial charge in [-0.05, 0) is 18.2 Å². The van der Waals surface area contributed by atoms with Gasteiger partial charge in [-0.15, -0.1) is 0 Å². The molecule has 33 heavy (non-hydrogen) atoms. The largest absolute Gasteiger partial charge is 0.456 e. The summed E-state index contributed by atoms with van der Waals surface area (Å²) < 4.78 is 44.2. The predicted molar refractivity (Wildman–Crippen MR) is 108 cm³/mol. The molecular weight excluding hydrogens is 449 g/mol. The van der Waals surface area contributed by atoms with Crippen LogP contribution in [-0.2, 0) is 26.9 Å². The number of nitrogens with zero attached hydrogens (tertiary/aromatic N) is 2. The van der Waals surface area contributed by atoms with E-state index in [1.54, 1.807) is 24.3 Å². The van der Waals surface area contributed by atoms with Crippen LogP contribution in [0, 0.1) is 10.1 Å². The van der Waals surface area contributed by atoms with Gasteiger partial charge in [0.1, 0.15) is 5.82 Å². The SMILES string of the molecule is O=C(COC(=O)CCc1nc2ccccc2c(=O)[nH]1)Nc1ccc([N+](=O)[O-])cc1C(F)(F)F. The number of fused-ring (bicyclic) bond motifs is 1. The Morgan fingerprint density at radius 1 is 1.18 bits per heavy atom. The molecule has 0 atom stereocenters. The number of nitro benzene ring substituents is 1. The van der Waals surface area contributed by atoms with Crippen molar-refractivity contribution in [3.8, 4) is 0 Å². The van der Waals surface area contributed by atoms with Crippen LogP contribution in [0.1, 0.15) is 17.8 Å². The van der Waals surface area contributed by atoms with E-state index in [1.165, 1.54) is 0 Å². The minimum absolute atomic E-state index is 0.00109. The highest BCUT2D eigenvalue weighted by atomic mass is 19.4. The zero-order valence-electron chi connectivity index (χ0n) is 16.6. The molecule has 1 heterocycles. The Morgan fingerprint density at radius 3 is 2.61 bits per heavy atom. The van der Waals surface area contributed by atoms with Crippen molar-refractivity contribution < 1.29 is 32.4 Å². The number of aryl methyl sites for hydroxylation is 1. The van der Waals surface area contributed by atoms with E-state index in [2.05, 4.69) is 9.97 Å². The summed E-state index contributed by atoms with van der Waals surface area (Å²) in [6.07, 6.45) is -5.21. The zero-order valence-corrected chi connectivity index (χ0v) is 16.6. The van der Waals surface area contributed by atoms with Crippen molar-refractivity contribution in [2.75, 3.05) is 11.9 Å². The molecule has 3 aromatic rings. The second kappa shape index (κ2) is 9.46. The minimum atomic E-state index is -4.96. The number of nitro groups is 1. The molecule has 0 aliphatic carbocycles. The second-order valence-electron chi connectivity index (χ2n) is 6.72. The Hall–Kier alpha value is -4.29. The molecule has 0 aliphatic heterocycles. The highest BCUT2D eigenvalue weighted by molar-refractivity contribution is 5.93. The fourth-order valence-electron chi connectivity index (χ4n) is 2.87. The number of benzene rings is 2. The quantitative estimate of drug-likeness (QED) is 0.311. The average molecular weight is 464 g/mol. The third kappa shape index (κ3) is 5.90. The Balaban J connectivity index is 1.57. The van der Waals surface area contributed by atoms with Crippen LogP contribution in [-0.4, -0.2) is 33.4 Å². The molecule has 2 aromatic carbocycles. The molecule has 2 N–H and O–H groups in total. The Labute approximate surface area is 182 Å². The number of para-hydroxylation sites is 1. The minimum Gasteiger partial charge on any atom is -0.456 e. The van der Waals surface area contributed by atoms with Gasteiger partial charge >= 0.3 is 12.1 Å². The molecule has 0 radical (unpaired) electrons. The number of carbonyl (C=O) groups excluding carboxylic acids is 2. The highest BCUT2D eigenvalue weighted by Gasteiger charge is 2.35. The maximum atomic E-state index is 13.2. The van der Waals surface area contributed by atoms with Crippen LogP contribution in [0.15, 0.2) is 47.3 Å². The van der Waals surface area contributed by atoms with Gasteiger partial charge in [0.05, 0.1) is 33.5 Å². The fraction of sp³-hybridized carbons (Fsp3) is 0.200. The summed E-state index contributed by atoms with van der Waals surface area (Å²) in [7, 11) is 0. The molecule has 1 aromatic heterocycles. The summed E-state index contributed by atoms with van der Waals surface area (Å²) in [6, 6.07) is 8.42. The molecule has 0 saturated heterocycles. The number of carbonyl (C=O) groups is 2. The van der Waals surface area contributed by atoms with Gasteiger partial charge in [-0.3, -0.25) is 24.5 Å². The summed E-state index contributed by atoms with van der Waals surface area (Å²) in [5.41, 5.74) is -2.87. The number of aromatic nitrogens is 2. The second-order valence-corrected chi connectivity index (χ2v) is 6.72. The first-order valence-electron chi connectivity index (χ1n) is 9.33. The smallest absolute Gasteiger partial charge is 0.418 e. The molecule has 0 unspecified atom stereocenters. The molecule has 0 aliphatic rings. The van der Waals surface area contributed by atoms with Gasteiger partial charge in [0.25, 0.3) is 17.2 Å². The molecule has 3 rings (SSSR count).